The number of pyridine rings is 1. The fourth-order valence-corrected chi connectivity index (χ4v) is 4.36. The second-order valence-electron chi connectivity index (χ2n) is 11.5. The Hall–Kier alpha value is -3.65. The normalized spacial score (nSPS) is 12.3. The number of nitrogens with zero attached hydrogens (tertiary/aromatic N) is 1. The Bertz CT molecular complexity index is 1460. The molecule has 5 rings (SSSR count). The van der Waals surface area contributed by atoms with Crippen LogP contribution in [0, 0.1) is 0 Å². The van der Waals surface area contributed by atoms with E-state index in [0.29, 0.717) is 0 Å². The third kappa shape index (κ3) is 4.79. The van der Waals surface area contributed by atoms with Crippen molar-refractivity contribution in [3.63, 3.8) is 0 Å². The van der Waals surface area contributed by atoms with Gasteiger partial charge in [-0.25, -0.2) is 0 Å². The first-order valence-corrected chi connectivity index (χ1v) is 12.3. The zero-order valence-corrected chi connectivity index (χ0v) is 21.5. The van der Waals surface area contributed by atoms with Crippen molar-refractivity contribution >= 4 is 11.0 Å². The Kier molecular flexibility index (Phi) is 5.63. The number of hydrogen-bond donors (Lipinski definition) is 0. The van der Waals surface area contributed by atoms with E-state index in [2.05, 4.69) is 120 Å². The van der Waals surface area contributed by atoms with Crippen molar-refractivity contribution in [2.75, 3.05) is 0 Å². The van der Waals surface area contributed by atoms with Crippen LogP contribution in [0.5, 0.6) is 0 Å². The smallest absolute Gasteiger partial charge is 0.138 e. The summed E-state index contributed by atoms with van der Waals surface area (Å²) in [6.07, 6.45) is 1.92. The maximum Gasteiger partial charge on any atom is 0.138 e. The maximum atomic E-state index is 6.43. The molecule has 0 saturated carbocycles. The summed E-state index contributed by atoms with van der Waals surface area (Å²) in [5.74, 6) is 0.883. The number of fused-ring (bicyclic) bond motifs is 1. The first-order valence-electron chi connectivity index (χ1n) is 12.3. The molecular weight excluding hydrogens is 426 g/mol. The summed E-state index contributed by atoms with van der Waals surface area (Å²) in [6, 6.07) is 30.0. The molecule has 2 heterocycles. The van der Waals surface area contributed by atoms with Crippen molar-refractivity contribution < 1.29 is 4.42 Å². The molecule has 2 heteroatoms. The number of aromatic nitrogens is 1. The molecule has 0 aliphatic carbocycles. The zero-order valence-electron chi connectivity index (χ0n) is 21.5. The summed E-state index contributed by atoms with van der Waals surface area (Å²) in [5.41, 5.74) is 9.09. The fraction of sp³-hybridized carbons (Fsp3) is 0.242. The largest absolute Gasteiger partial charge is 0.456 e. The standard InChI is InChI=1S/C33H33NO/c1-32(2,3)27-16-25(17-28(19-27)33(4,5)6)30-18-26-21-34-29(20-31(26)35-30)24-14-10-13-23(15-24)22-11-8-7-9-12-22/h7-21H,1-6H3. The van der Waals surface area contributed by atoms with Gasteiger partial charge < -0.3 is 4.42 Å². The van der Waals surface area contributed by atoms with Crippen LogP contribution in [0.15, 0.2) is 95.5 Å². The van der Waals surface area contributed by atoms with Gasteiger partial charge in [0.1, 0.15) is 11.3 Å². The Morgan fingerprint density at radius 1 is 0.571 bits per heavy atom. The highest BCUT2D eigenvalue weighted by Crippen LogP contribution is 2.36. The van der Waals surface area contributed by atoms with E-state index in [9.17, 15) is 0 Å². The van der Waals surface area contributed by atoms with E-state index in [1.165, 1.54) is 22.3 Å². The zero-order chi connectivity index (χ0) is 24.8. The van der Waals surface area contributed by atoms with Crippen LogP contribution in [0.3, 0.4) is 0 Å². The van der Waals surface area contributed by atoms with Crippen molar-refractivity contribution in [3.05, 3.63) is 102 Å². The van der Waals surface area contributed by atoms with Crippen LogP contribution in [0.4, 0.5) is 0 Å². The minimum absolute atomic E-state index is 0.0561. The number of benzene rings is 3. The second-order valence-corrected chi connectivity index (χ2v) is 11.5. The first-order chi connectivity index (χ1) is 16.6. The highest BCUT2D eigenvalue weighted by molar-refractivity contribution is 5.85. The minimum Gasteiger partial charge on any atom is -0.456 e. The van der Waals surface area contributed by atoms with Crippen LogP contribution >= 0.6 is 0 Å². The molecule has 176 valence electrons. The van der Waals surface area contributed by atoms with E-state index >= 15 is 0 Å². The van der Waals surface area contributed by atoms with Gasteiger partial charge in [0, 0.05) is 28.8 Å². The molecule has 35 heavy (non-hydrogen) atoms. The number of furan rings is 1. The summed E-state index contributed by atoms with van der Waals surface area (Å²) >= 11 is 0. The lowest BCUT2D eigenvalue weighted by molar-refractivity contribution is 0.567. The molecule has 0 unspecified atom stereocenters. The van der Waals surface area contributed by atoms with Crippen molar-refractivity contribution in [1.29, 1.82) is 0 Å². The van der Waals surface area contributed by atoms with Gasteiger partial charge in [-0.05, 0) is 57.3 Å². The van der Waals surface area contributed by atoms with Crippen LogP contribution < -0.4 is 0 Å². The van der Waals surface area contributed by atoms with Gasteiger partial charge >= 0.3 is 0 Å². The van der Waals surface area contributed by atoms with Gasteiger partial charge in [-0.3, -0.25) is 4.98 Å². The SMILES string of the molecule is CC(C)(C)c1cc(-c2cc3cnc(-c4cccc(-c5ccccc5)c4)cc3o2)cc(C(C)(C)C)c1. The molecule has 0 amide bonds. The van der Waals surface area contributed by atoms with Crippen LogP contribution in [-0.2, 0) is 10.8 Å². The molecule has 0 atom stereocenters. The van der Waals surface area contributed by atoms with E-state index in [1.807, 2.05) is 12.3 Å². The van der Waals surface area contributed by atoms with Gasteiger partial charge in [-0.1, -0.05) is 96.1 Å². The average molecular weight is 460 g/mol. The average Bonchev–Trinajstić information content (AvgIpc) is 3.27. The Labute approximate surface area is 208 Å². The Morgan fingerprint density at radius 2 is 1.20 bits per heavy atom. The van der Waals surface area contributed by atoms with Crippen LogP contribution in [0.25, 0.3) is 44.7 Å². The van der Waals surface area contributed by atoms with E-state index in [4.69, 9.17) is 9.40 Å². The third-order valence-electron chi connectivity index (χ3n) is 6.62. The summed E-state index contributed by atoms with van der Waals surface area (Å²) < 4.78 is 6.43. The predicted molar refractivity (Wildman–Crippen MR) is 148 cm³/mol. The van der Waals surface area contributed by atoms with Gasteiger partial charge in [-0.2, -0.15) is 0 Å². The molecule has 0 radical (unpaired) electrons. The molecule has 2 aromatic heterocycles. The van der Waals surface area contributed by atoms with Gasteiger partial charge in [0.05, 0.1) is 5.69 Å². The predicted octanol–water partition coefficient (Wildman–Crippen LogP) is 9.42. The lowest BCUT2D eigenvalue weighted by Crippen LogP contribution is -2.16. The van der Waals surface area contributed by atoms with Crippen LogP contribution in [0.1, 0.15) is 52.7 Å². The van der Waals surface area contributed by atoms with Gasteiger partial charge in [-0.15, -0.1) is 0 Å². The number of hydrogen-bond acceptors (Lipinski definition) is 2. The summed E-state index contributed by atoms with van der Waals surface area (Å²) in [7, 11) is 0. The lowest BCUT2D eigenvalue weighted by atomic mass is 9.79. The molecule has 0 saturated heterocycles. The van der Waals surface area contributed by atoms with Gasteiger partial charge in [0.2, 0.25) is 0 Å². The van der Waals surface area contributed by atoms with Gasteiger partial charge in [0.25, 0.3) is 0 Å². The monoisotopic (exact) mass is 459 g/mol. The Morgan fingerprint density at radius 3 is 1.86 bits per heavy atom. The molecule has 3 aromatic carbocycles. The van der Waals surface area contributed by atoms with Crippen molar-refractivity contribution in [3.8, 4) is 33.7 Å². The summed E-state index contributed by atoms with van der Waals surface area (Å²) in [6.45, 7) is 13.6. The molecule has 0 aliphatic rings. The van der Waals surface area contributed by atoms with Gasteiger partial charge in [0.15, 0.2) is 0 Å². The number of rotatable bonds is 3. The quantitative estimate of drug-likeness (QED) is 0.268. The Balaban J connectivity index is 1.57. The molecule has 0 N–H and O–H groups in total. The minimum atomic E-state index is 0.0561. The molecule has 0 fully saturated rings. The topological polar surface area (TPSA) is 26.0 Å². The van der Waals surface area contributed by atoms with Crippen molar-refractivity contribution in [1.82, 2.24) is 4.98 Å². The van der Waals surface area contributed by atoms with Crippen molar-refractivity contribution in [2.45, 2.75) is 52.4 Å². The summed E-state index contributed by atoms with van der Waals surface area (Å²) in [4.78, 5) is 4.77. The van der Waals surface area contributed by atoms with Crippen molar-refractivity contribution in [2.24, 2.45) is 0 Å². The molecule has 5 aromatic rings. The highest BCUT2D eigenvalue weighted by atomic mass is 16.3. The molecular formula is C33H33NO. The van der Waals surface area contributed by atoms with E-state index in [1.54, 1.807) is 0 Å². The second kappa shape index (κ2) is 8.53. The molecule has 0 bridgehead atoms. The highest BCUT2D eigenvalue weighted by Gasteiger charge is 2.22. The summed E-state index contributed by atoms with van der Waals surface area (Å²) in [5, 5.41) is 1.02. The lowest BCUT2D eigenvalue weighted by Gasteiger charge is -2.26. The molecule has 0 spiro atoms. The van der Waals surface area contributed by atoms with Crippen LogP contribution in [-0.4, -0.2) is 4.98 Å². The van der Waals surface area contributed by atoms with E-state index < -0.39 is 0 Å². The fourth-order valence-electron chi connectivity index (χ4n) is 4.36. The molecule has 0 aliphatic heterocycles. The van der Waals surface area contributed by atoms with E-state index in [-0.39, 0.29) is 10.8 Å². The first kappa shape index (κ1) is 23.1. The third-order valence-corrected chi connectivity index (χ3v) is 6.62. The maximum absolute atomic E-state index is 6.43. The van der Waals surface area contributed by atoms with E-state index in [0.717, 1.165) is 33.6 Å². The molecule has 2 nitrogen and oxygen atoms in total. The van der Waals surface area contributed by atoms with Crippen LogP contribution in [0.2, 0.25) is 0 Å².